The van der Waals surface area contributed by atoms with Gasteiger partial charge in [-0.1, -0.05) is 17.7 Å². The standard InChI is InChI=1S/C14H17ClF2O2/c1-19-12-8-10(2-3-11(12)15)13(18)9-4-6-14(16,17)7-5-9/h2-3,8-9,13,18H,4-7H2,1H3. The maximum Gasteiger partial charge on any atom is 0.248 e. The van der Waals surface area contributed by atoms with Crippen LogP contribution in [0.15, 0.2) is 18.2 Å². The number of halogens is 3. The molecule has 1 aromatic carbocycles. The van der Waals surface area contributed by atoms with E-state index in [1.165, 1.54) is 7.11 Å². The highest BCUT2D eigenvalue weighted by molar-refractivity contribution is 6.32. The molecule has 1 atom stereocenters. The number of hydrogen-bond acceptors (Lipinski definition) is 2. The first-order valence-corrected chi connectivity index (χ1v) is 6.70. The first kappa shape index (κ1) is 14.5. The molecule has 1 aromatic rings. The Morgan fingerprint density at radius 3 is 2.58 bits per heavy atom. The van der Waals surface area contributed by atoms with Gasteiger partial charge in [0.05, 0.1) is 18.2 Å². The lowest BCUT2D eigenvalue weighted by Gasteiger charge is -2.31. The third kappa shape index (κ3) is 3.37. The van der Waals surface area contributed by atoms with Gasteiger partial charge in [-0.15, -0.1) is 0 Å². The largest absolute Gasteiger partial charge is 0.495 e. The number of hydrogen-bond donors (Lipinski definition) is 1. The minimum absolute atomic E-state index is 0.134. The molecule has 0 saturated heterocycles. The molecule has 0 aromatic heterocycles. The Hall–Kier alpha value is -0.870. The van der Waals surface area contributed by atoms with E-state index in [1.54, 1.807) is 18.2 Å². The van der Waals surface area contributed by atoms with Crippen LogP contribution in [0, 0.1) is 5.92 Å². The summed E-state index contributed by atoms with van der Waals surface area (Å²) in [6.07, 6.45) is -0.390. The van der Waals surface area contributed by atoms with E-state index in [4.69, 9.17) is 16.3 Å². The fraction of sp³-hybridized carbons (Fsp3) is 0.571. The summed E-state index contributed by atoms with van der Waals surface area (Å²) < 4.78 is 31.3. The van der Waals surface area contributed by atoms with Crippen molar-refractivity contribution in [2.45, 2.75) is 37.7 Å². The second-order valence-electron chi connectivity index (χ2n) is 5.03. The van der Waals surface area contributed by atoms with E-state index in [0.29, 0.717) is 29.2 Å². The molecular weight excluding hydrogens is 274 g/mol. The molecule has 19 heavy (non-hydrogen) atoms. The van der Waals surface area contributed by atoms with Crippen molar-refractivity contribution >= 4 is 11.6 Å². The molecule has 0 aliphatic heterocycles. The van der Waals surface area contributed by atoms with Gasteiger partial charge in [-0.25, -0.2) is 8.78 Å². The number of rotatable bonds is 3. The molecule has 1 N–H and O–H groups in total. The van der Waals surface area contributed by atoms with Gasteiger partial charge in [-0.05, 0) is 36.5 Å². The molecule has 0 heterocycles. The Morgan fingerprint density at radius 1 is 1.37 bits per heavy atom. The zero-order valence-electron chi connectivity index (χ0n) is 10.7. The highest BCUT2D eigenvalue weighted by Crippen LogP contribution is 2.42. The molecule has 0 amide bonds. The Morgan fingerprint density at radius 2 is 2.00 bits per heavy atom. The van der Waals surface area contributed by atoms with Crippen molar-refractivity contribution < 1.29 is 18.6 Å². The van der Waals surface area contributed by atoms with Gasteiger partial charge in [0.2, 0.25) is 5.92 Å². The number of aliphatic hydroxyl groups excluding tert-OH is 1. The highest BCUT2D eigenvalue weighted by Gasteiger charge is 2.37. The SMILES string of the molecule is COc1cc(C(O)C2CCC(F)(F)CC2)ccc1Cl. The zero-order valence-corrected chi connectivity index (χ0v) is 11.5. The van der Waals surface area contributed by atoms with E-state index >= 15 is 0 Å². The topological polar surface area (TPSA) is 29.5 Å². The molecule has 1 aliphatic carbocycles. The summed E-state index contributed by atoms with van der Waals surface area (Å²) in [6, 6.07) is 5.03. The third-order valence-electron chi connectivity index (χ3n) is 3.72. The second-order valence-corrected chi connectivity index (χ2v) is 5.44. The summed E-state index contributed by atoms with van der Waals surface area (Å²) in [5, 5.41) is 10.7. The Labute approximate surface area is 116 Å². The van der Waals surface area contributed by atoms with E-state index in [-0.39, 0.29) is 18.8 Å². The molecule has 106 valence electrons. The maximum absolute atomic E-state index is 13.1. The van der Waals surface area contributed by atoms with Crippen LogP contribution in [0.4, 0.5) is 8.78 Å². The van der Waals surface area contributed by atoms with E-state index in [0.717, 1.165) is 0 Å². The first-order chi connectivity index (χ1) is 8.93. The van der Waals surface area contributed by atoms with Gasteiger partial charge >= 0.3 is 0 Å². The van der Waals surface area contributed by atoms with Gasteiger partial charge in [0.1, 0.15) is 5.75 Å². The van der Waals surface area contributed by atoms with Crippen molar-refractivity contribution in [3.05, 3.63) is 28.8 Å². The molecule has 1 aliphatic rings. The number of aliphatic hydroxyl groups is 1. The molecular formula is C14H17ClF2O2. The average Bonchev–Trinajstić information content (AvgIpc) is 2.38. The lowest BCUT2D eigenvalue weighted by molar-refractivity contribution is -0.0627. The molecule has 0 bridgehead atoms. The second kappa shape index (κ2) is 5.63. The number of benzene rings is 1. The van der Waals surface area contributed by atoms with E-state index in [9.17, 15) is 13.9 Å². The summed E-state index contributed by atoms with van der Waals surface area (Å²) in [5.74, 6) is -2.22. The van der Waals surface area contributed by atoms with Gasteiger partial charge in [-0.2, -0.15) is 0 Å². The summed E-state index contributed by atoms with van der Waals surface area (Å²) in [5.41, 5.74) is 0.663. The van der Waals surface area contributed by atoms with Crippen molar-refractivity contribution in [1.29, 1.82) is 0 Å². The van der Waals surface area contributed by atoms with Crippen LogP contribution in [0.3, 0.4) is 0 Å². The lowest BCUT2D eigenvalue weighted by atomic mass is 9.81. The van der Waals surface area contributed by atoms with E-state index < -0.39 is 12.0 Å². The number of alkyl halides is 2. The van der Waals surface area contributed by atoms with Crippen LogP contribution in [0.5, 0.6) is 5.75 Å². The van der Waals surface area contributed by atoms with Gasteiger partial charge in [0.15, 0.2) is 0 Å². The van der Waals surface area contributed by atoms with Crippen molar-refractivity contribution in [3.8, 4) is 5.75 Å². The fourth-order valence-electron chi connectivity index (χ4n) is 2.51. The molecule has 1 fully saturated rings. The lowest BCUT2D eigenvalue weighted by Crippen LogP contribution is -2.27. The van der Waals surface area contributed by atoms with Crippen molar-refractivity contribution in [3.63, 3.8) is 0 Å². The normalized spacial score (nSPS) is 21.1. The third-order valence-corrected chi connectivity index (χ3v) is 4.04. The molecule has 1 saturated carbocycles. The smallest absolute Gasteiger partial charge is 0.248 e. The first-order valence-electron chi connectivity index (χ1n) is 6.32. The molecule has 2 rings (SSSR count). The van der Waals surface area contributed by atoms with Crippen LogP contribution >= 0.6 is 11.6 Å². The summed E-state index contributed by atoms with van der Waals surface area (Å²) in [7, 11) is 1.50. The molecule has 0 radical (unpaired) electrons. The van der Waals surface area contributed by atoms with Gasteiger partial charge < -0.3 is 9.84 Å². The van der Waals surface area contributed by atoms with Crippen molar-refractivity contribution in [1.82, 2.24) is 0 Å². The van der Waals surface area contributed by atoms with Crippen molar-refractivity contribution in [2.75, 3.05) is 7.11 Å². The molecule has 5 heteroatoms. The highest BCUT2D eigenvalue weighted by atomic mass is 35.5. The van der Waals surface area contributed by atoms with Crippen LogP contribution in [0.1, 0.15) is 37.4 Å². The Kier molecular flexibility index (Phi) is 4.31. The number of ether oxygens (including phenoxy) is 1. The van der Waals surface area contributed by atoms with Crippen LogP contribution in [-0.4, -0.2) is 18.1 Å². The summed E-state index contributed by atoms with van der Waals surface area (Å²) in [6.45, 7) is 0. The van der Waals surface area contributed by atoms with Crippen LogP contribution in [0.25, 0.3) is 0 Å². The zero-order chi connectivity index (χ0) is 14.0. The minimum Gasteiger partial charge on any atom is -0.495 e. The maximum atomic E-state index is 13.1. The van der Waals surface area contributed by atoms with E-state index in [1.807, 2.05) is 0 Å². The van der Waals surface area contributed by atoms with Gasteiger partial charge in [-0.3, -0.25) is 0 Å². The number of methoxy groups -OCH3 is 1. The molecule has 1 unspecified atom stereocenters. The van der Waals surface area contributed by atoms with Gasteiger partial charge in [0, 0.05) is 12.8 Å². The molecule has 0 spiro atoms. The summed E-state index contributed by atoms with van der Waals surface area (Å²) >= 11 is 5.92. The van der Waals surface area contributed by atoms with Gasteiger partial charge in [0.25, 0.3) is 0 Å². The molecule has 2 nitrogen and oxygen atoms in total. The quantitative estimate of drug-likeness (QED) is 0.904. The Balaban J connectivity index is 2.10. The predicted octanol–water partition coefficient (Wildman–Crippen LogP) is 4.21. The van der Waals surface area contributed by atoms with Crippen LogP contribution in [-0.2, 0) is 0 Å². The minimum atomic E-state index is -2.58. The van der Waals surface area contributed by atoms with E-state index in [2.05, 4.69) is 0 Å². The van der Waals surface area contributed by atoms with Crippen LogP contribution < -0.4 is 4.74 Å². The van der Waals surface area contributed by atoms with Crippen LogP contribution in [0.2, 0.25) is 5.02 Å². The monoisotopic (exact) mass is 290 g/mol. The predicted molar refractivity (Wildman–Crippen MR) is 69.9 cm³/mol. The Bertz CT molecular complexity index is 441. The average molecular weight is 291 g/mol. The fourth-order valence-corrected chi connectivity index (χ4v) is 2.71. The summed E-state index contributed by atoms with van der Waals surface area (Å²) in [4.78, 5) is 0. The van der Waals surface area contributed by atoms with Crippen molar-refractivity contribution in [2.24, 2.45) is 5.92 Å².